The summed E-state index contributed by atoms with van der Waals surface area (Å²) in [6.45, 7) is 3.52. The van der Waals surface area contributed by atoms with Gasteiger partial charge in [-0.15, -0.1) is 0 Å². The Morgan fingerprint density at radius 1 is 1.19 bits per heavy atom. The van der Waals surface area contributed by atoms with Gasteiger partial charge in [-0.25, -0.2) is 8.42 Å². The number of aryl methyl sites for hydroxylation is 1. The molecule has 0 fully saturated rings. The predicted octanol–water partition coefficient (Wildman–Crippen LogP) is 3.48. The number of nitrogens with one attached hydrogen (secondary N) is 1. The number of methoxy groups -OCH3 is 1. The van der Waals surface area contributed by atoms with Crippen molar-refractivity contribution in [3.63, 3.8) is 0 Å². The zero-order chi connectivity index (χ0) is 18.3. The van der Waals surface area contributed by atoms with E-state index in [1.165, 1.54) is 7.11 Å². The zero-order valence-electron chi connectivity index (χ0n) is 14.8. The van der Waals surface area contributed by atoms with E-state index in [4.69, 9.17) is 9.15 Å². The molecule has 1 aliphatic rings. The number of fused-ring (bicyclic) bond motifs is 3. The maximum Gasteiger partial charge on any atom is 0.206 e. The van der Waals surface area contributed by atoms with Crippen LogP contribution in [0.2, 0.25) is 0 Å². The number of sulfone groups is 1. The minimum Gasteiger partial charge on any atom is -0.493 e. The second kappa shape index (κ2) is 6.45. The molecule has 1 N–H and O–H groups in total. The first-order valence-electron chi connectivity index (χ1n) is 8.71. The predicted molar refractivity (Wildman–Crippen MR) is 99.4 cm³/mol. The van der Waals surface area contributed by atoms with Crippen LogP contribution >= 0.6 is 0 Å². The first-order chi connectivity index (χ1) is 12.5. The monoisotopic (exact) mass is 371 g/mol. The summed E-state index contributed by atoms with van der Waals surface area (Å²) in [6.07, 6.45) is 1.57. The van der Waals surface area contributed by atoms with Gasteiger partial charge in [0, 0.05) is 36.5 Å². The summed E-state index contributed by atoms with van der Waals surface area (Å²) in [5.74, 6) is 1.35. The minimum absolute atomic E-state index is 0.226. The average Bonchev–Trinajstić information content (AvgIpc) is 3.06. The highest BCUT2D eigenvalue weighted by atomic mass is 32.2. The summed E-state index contributed by atoms with van der Waals surface area (Å²) in [6, 6.07) is 10.3. The quantitative estimate of drug-likeness (QED) is 0.760. The topological polar surface area (TPSA) is 68.5 Å². The van der Waals surface area contributed by atoms with Crippen molar-refractivity contribution in [2.45, 2.75) is 36.1 Å². The van der Waals surface area contributed by atoms with Gasteiger partial charge in [-0.3, -0.25) is 0 Å². The molecular weight excluding hydrogens is 350 g/mol. The number of hydrogen-bond donors (Lipinski definition) is 1. The smallest absolute Gasteiger partial charge is 0.206 e. The van der Waals surface area contributed by atoms with Crippen LogP contribution in [0.1, 0.15) is 23.8 Å². The van der Waals surface area contributed by atoms with E-state index in [1.54, 1.807) is 30.3 Å². The first-order valence-corrected chi connectivity index (χ1v) is 10.2. The normalized spacial score (nSPS) is 14.4. The Labute approximate surface area is 152 Å². The molecule has 0 atom stereocenters. The maximum atomic E-state index is 13.2. The zero-order valence-corrected chi connectivity index (χ0v) is 15.7. The van der Waals surface area contributed by atoms with Crippen molar-refractivity contribution >= 4 is 20.8 Å². The molecule has 0 spiro atoms. The molecule has 4 rings (SSSR count). The molecule has 136 valence electrons. The van der Waals surface area contributed by atoms with E-state index in [1.807, 2.05) is 13.0 Å². The standard InChI is InChI=1S/C20H21NO4S/c1-3-13-5-4-6-14(9-13)26(22,23)15-10-16-17-12-21-8-7-18(17)25-20(16)19(11-15)24-2/h4-6,9-11,21H,3,7-8,12H2,1-2H3. The maximum absolute atomic E-state index is 13.2. The van der Waals surface area contributed by atoms with Crippen molar-refractivity contribution in [3.05, 3.63) is 53.3 Å². The van der Waals surface area contributed by atoms with Gasteiger partial charge in [-0.05, 0) is 30.2 Å². The Kier molecular flexibility index (Phi) is 4.25. The van der Waals surface area contributed by atoms with Gasteiger partial charge < -0.3 is 14.5 Å². The molecule has 2 heterocycles. The Hall–Kier alpha value is -2.31. The average molecular weight is 371 g/mol. The third-order valence-corrected chi connectivity index (χ3v) is 6.62. The highest BCUT2D eigenvalue weighted by Gasteiger charge is 2.25. The molecule has 0 radical (unpaired) electrons. The molecule has 0 amide bonds. The SMILES string of the molecule is CCc1cccc(S(=O)(=O)c2cc(OC)c3oc4c(c3c2)CNCC4)c1. The van der Waals surface area contributed by atoms with Gasteiger partial charge in [-0.2, -0.15) is 0 Å². The van der Waals surface area contributed by atoms with Crippen LogP contribution in [0.15, 0.2) is 50.6 Å². The second-order valence-corrected chi connectivity index (χ2v) is 8.39. The minimum atomic E-state index is -3.64. The summed E-state index contributed by atoms with van der Waals surface area (Å²) in [7, 11) is -2.11. The van der Waals surface area contributed by atoms with Crippen molar-refractivity contribution in [1.82, 2.24) is 5.32 Å². The highest BCUT2D eigenvalue weighted by Crippen LogP contribution is 2.38. The number of hydrogen-bond acceptors (Lipinski definition) is 5. The van der Waals surface area contributed by atoms with Gasteiger partial charge in [0.2, 0.25) is 9.84 Å². The number of furan rings is 1. The molecule has 0 saturated carbocycles. The van der Waals surface area contributed by atoms with E-state index in [-0.39, 0.29) is 4.90 Å². The molecule has 0 saturated heterocycles. The van der Waals surface area contributed by atoms with Crippen LogP contribution in [-0.2, 0) is 29.2 Å². The third-order valence-electron chi connectivity index (χ3n) is 4.89. The van der Waals surface area contributed by atoms with E-state index in [0.29, 0.717) is 22.8 Å². The second-order valence-electron chi connectivity index (χ2n) is 6.44. The molecule has 0 bridgehead atoms. The van der Waals surface area contributed by atoms with Crippen LogP contribution in [0.5, 0.6) is 5.75 Å². The van der Waals surface area contributed by atoms with Crippen LogP contribution in [0.25, 0.3) is 11.0 Å². The molecule has 2 aromatic carbocycles. The van der Waals surface area contributed by atoms with Gasteiger partial charge in [-0.1, -0.05) is 19.1 Å². The van der Waals surface area contributed by atoms with Gasteiger partial charge >= 0.3 is 0 Å². The molecule has 3 aromatic rings. The van der Waals surface area contributed by atoms with Crippen molar-refractivity contribution in [2.24, 2.45) is 0 Å². The van der Waals surface area contributed by atoms with Crippen LogP contribution < -0.4 is 10.1 Å². The number of ether oxygens (including phenoxy) is 1. The summed E-state index contributed by atoms with van der Waals surface area (Å²) in [4.78, 5) is 0.526. The molecule has 5 nitrogen and oxygen atoms in total. The van der Waals surface area contributed by atoms with E-state index in [9.17, 15) is 8.42 Å². The molecule has 26 heavy (non-hydrogen) atoms. The summed E-state index contributed by atoms with van der Waals surface area (Å²) in [5.41, 5.74) is 2.62. The Balaban J connectivity index is 1.93. The van der Waals surface area contributed by atoms with Crippen molar-refractivity contribution < 1.29 is 17.6 Å². The Morgan fingerprint density at radius 2 is 2.04 bits per heavy atom. The summed E-state index contributed by atoms with van der Waals surface area (Å²) >= 11 is 0. The Bertz CT molecular complexity index is 1080. The fourth-order valence-electron chi connectivity index (χ4n) is 3.43. The lowest BCUT2D eigenvalue weighted by molar-refractivity contribution is 0.404. The van der Waals surface area contributed by atoms with Crippen LogP contribution in [0, 0.1) is 0 Å². The molecule has 1 aliphatic heterocycles. The van der Waals surface area contributed by atoms with Gasteiger partial charge in [0.1, 0.15) is 5.76 Å². The van der Waals surface area contributed by atoms with E-state index in [2.05, 4.69) is 5.32 Å². The van der Waals surface area contributed by atoms with Crippen LogP contribution in [-0.4, -0.2) is 22.1 Å². The number of rotatable bonds is 4. The van der Waals surface area contributed by atoms with E-state index >= 15 is 0 Å². The van der Waals surface area contributed by atoms with E-state index < -0.39 is 9.84 Å². The lowest BCUT2D eigenvalue weighted by Crippen LogP contribution is -2.22. The lowest BCUT2D eigenvalue weighted by atomic mass is 10.1. The largest absolute Gasteiger partial charge is 0.493 e. The lowest BCUT2D eigenvalue weighted by Gasteiger charge is -2.11. The fourth-order valence-corrected chi connectivity index (χ4v) is 4.80. The third kappa shape index (κ3) is 2.70. The van der Waals surface area contributed by atoms with Gasteiger partial charge in [0.05, 0.1) is 16.9 Å². The van der Waals surface area contributed by atoms with Crippen LogP contribution in [0.4, 0.5) is 0 Å². The molecule has 0 aliphatic carbocycles. The summed E-state index contributed by atoms with van der Waals surface area (Å²) < 4.78 is 37.8. The van der Waals surface area contributed by atoms with Crippen molar-refractivity contribution in [3.8, 4) is 5.75 Å². The van der Waals surface area contributed by atoms with Gasteiger partial charge in [0.25, 0.3) is 0 Å². The fraction of sp³-hybridized carbons (Fsp3) is 0.300. The Morgan fingerprint density at radius 3 is 2.81 bits per heavy atom. The molecule has 6 heteroatoms. The molecule has 1 aromatic heterocycles. The van der Waals surface area contributed by atoms with E-state index in [0.717, 1.165) is 41.7 Å². The van der Waals surface area contributed by atoms with Crippen molar-refractivity contribution in [2.75, 3.05) is 13.7 Å². The van der Waals surface area contributed by atoms with Crippen LogP contribution in [0.3, 0.4) is 0 Å². The summed E-state index contributed by atoms with van der Waals surface area (Å²) in [5, 5.41) is 4.11. The molecule has 0 unspecified atom stereocenters. The first kappa shape index (κ1) is 17.1. The highest BCUT2D eigenvalue weighted by molar-refractivity contribution is 7.91. The van der Waals surface area contributed by atoms with Gasteiger partial charge in [0.15, 0.2) is 11.3 Å². The van der Waals surface area contributed by atoms with Crippen molar-refractivity contribution in [1.29, 1.82) is 0 Å². The number of benzene rings is 2. The molecular formula is C20H21NO4S.